The van der Waals surface area contributed by atoms with Crippen molar-refractivity contribution >= 4 is 29.3 Å². The molecule has 0 fully saturated rings. The number of ether oxygens (including phenoxy) is 2. The summed E-state index contributed by atoms with van der Waals surface area (Å²) in [7, 11) is 3.29. The van der Waals surface area contributed by atoms with Crippen LogP contribution in [0.3, 0.4) is 0 Å². The number of rotatable bonds is 13. The fourth-order valence-corrected chi connectivity index (χ4v) is 4.90. The van der Waals surface area contributed by atoms with Gasteiger partial charge in [0, 0.05) is 36.3 Å². The van der Waals surface area contributed by atoms with Gasteiger partial charge in [-0.3, -0.25) is 9.59 Å². The summed E-state index contributed by atoms with van der Waals surface area (Å²) < 4.78 is 11.8. The Labute approximate surface area is 212 Å². The number of benzene rings is 2. The second-order valence-electron chi connectivity index (χ2n) is 8.96. The summed E-state index contributed by atoms with van der Waals surface area (Å²) in [6, 6.07) is 13.5. The van der Waals surface area contributed by atoms with E-state index in [1.165, 1.54) is 4.90 Å². The third kappa shape index (κ3) is 7.07. The van der Waals surface area contributed by atoms with Crippen LogP contribution in [0.5, 0.6) is 11.5 Å². The number of nitrogens with zero attached hydrogens (tertiary/aromatic N) is 1. The van der Waals surface area contributed by atoms with Crippen molar-refractivity contribution in [1.82, 2.24) is 4.90 Å². The third-order valence-corrected chi connectivity index (χ3v) is 7.16. The summed E-state index contributed by atoms with van der Waals surface area (Å²) in [6.45, 7) is 2.37. The predicted octanol–water partition coefficient (Wildman–Crippen LogP) is 5.12. The molecule has 0 saturated heterocycles. The molecular weight excluding hydrogens is 464 g/mol. The Hall–Kier alpha value is -2.87. The molecule has 8 heteroatoms. The smallest absolute Gasteiger partial charge is 0.305 e. The van der Waals surface area contributed by atoms with Crippen molar-refractivity contribution in [3.63, 3.8) is 0 Å². The number of carbonyl (C=O) groups excluding carboxylic acids is 1. The molecule has 0 saturated carbocycles. The van der Waals surface area contributed by atoms with E-state index in [0.717, 1.165) is 47.8 Å². The monoisotopic (exact) mass is 500 g/mol. The summed E-state index contributed by atoms with van der Waals surface area (Å²) in [6.07, 6.45) is 5.25. The molecule has 3 unspecified atom stereocenters. The molecule has 2 N–H and O–H groups in total. The molecule has 7 nitrogen and oxygen atoms in total. The van der Waals surface area contributed by atoms with Crippen LogP contribution in [0.1, 0.15) is 54.4 Å². The van der Waals surface area contributed by atoms with E-state index in [2.05, 4.69) is 24.6 Å². The van der Waals surface area contributed by atoms with E-state index in [4.69, 9.17) is 14.6 Å². The number of carboxylic acid groups (broad SMARTS) is 1. The molecule has 0 aromatic heterocycles. The van der Waals surface area contributed by atoms with Gasteiger partial charge in [0.1, 0.15) is 17.6 Å². The van der Waals surface area contributed by atoms with E-state index in [1.54, 1.807) is 26.3 Å². The molecule has 2 aromatic carbocycles. The third-order valence-electron chi connectivity index (χ3n) is 6.47. The summed E-state index contributed by atoms with van der Waals surface area (Å²) in [5.41, 5.74) is 2.62. The van der Waals surface area contributed by atoms with Crippen molar-refractivity contribution in [3.05, 3.63) is 53.6 Å². The number of carboxylic acids is 1. The molecular formula is C27H36N2O5S. The van der Waals surface area contributed by atoms with Crippen molar-refractivity contribution < 1.29 is 24.2 Å². The standard InChI is InChI=1S/C27H36N2O5S/c1-18-22-17-21(33-3)12-13-24(22)34-26(18)23(7-5-6-16-35-4)28-20-10-8-19(9-11-20)27(32)29(2)15-14-25(30)31/h8-13,17-18,23,26,28H,5-7,14-16H2,1-4H3,(H,30,31). The van der Waals surface area contributed by atoms with E-state index in [9.17, 15) is 9.59 Å². The maximum Gasteiger partial charge on any atom is 0.305 e. The minimum atomic E-state index is -0.920. The van der Waals surface area contributed by atoms with Gasteiger partial charge in [0.2, 0.25) is 0 Å². The SMILES string of the molecule is COc1ccc2c(c1)C(C)C(C(CCCCSC)Nc1ccc(C(=O)N(C)CCC(=O)O)cc1)O2. The number of aliphatic carboxylic acids is 1. The summed E-state index contributed by atoms with van der Waals surface area (Å²) >= 11 is 1.86. The Balaban J connectivity index is 1.71. The number of fused-ring (bicyclic) bond motifs is 1. The van der Waals surface area contributed by atoms with Crippen LogP contribution >= 0.6 is 11.8 Å². The largest absolute Gasteiger partial charge is 0.497 e. The summed E-state index contributed by atoms with van der Waals surface area (Å²) in [5, 5.41) is 12.5. The van der Waals surface area contributed by atoms with Crippen LogP contribution in [0, 0.1) is 0 Å². The Morgan fingerprint density at radius 1 is 1.20 bits per heavy atom. The zero-order valence-corrected chi connectivity index (χ0v) is 21.8. The van der Waals surface area contributed by atoms with Crippen LogP contribution in [0.15, 0.2) is 42.5 Å². The molecule has 1 aliphatic rings. The Morgan fingerprint density at radius 2 is 1.94 bits per heavy atom. The van der Waals surface area contributed by atoms with Crippen LogP contribution in [0.2, 0.25) is 0 Å². The molecule has 3 atom stereocenters. The van der Waals surface area contributed by atoms with Gasteiger partial charge in [0.05, 0.1) is 19.6 Å². The average Bonchev–Trinajstić information content (AvgIpc) is 3.19. The maximum atomic E-state index is 12.6. The normalized spacial score (nSPS) is 17.3. The predicted molar refractivity (Wildman–Crippen MR) is 141 cm³/mol. The zero-order chi connectivity index (χ0) is 25.4. The summed E-state index contributed by atoms with van der Waals surface area (Å²) in [5.74, 6) is 1.97. The Kier molecular flexibility index (Phi) is 9.72. The molecule has 35 heavy (non-hydrogen) atoms. The van der Waals surface area contributed by atoms with Crippen molar-refractivity contribution in [3.8, 4) is 11.5 Å². The molecule has 0 bridgehead atoms. The molecule has 1 amide bonds. The molecule has 3 rings (SSSR count). The van der Waals surface area contributed by atoms with Gasteiger partial charge in [-0.05, 0) is 67.3 Å². The van der Waals surface area contributed by atoms with E-state index < -0.39 is 5.97 Å². The Bertz CT molecular complexity index is 998. The number of hydrogen-bond acceptors (Lipinski definition) is 6. The minimum Gasteiger partial charge on any atom is -0.497 e. The fourth-order valence-electron chi connectivity index (χ4n) is 4.41. The molecule has 1 aliphatic heterocycles. The highest BCUT2D eigenvalue weighted by atomic mass is 32.2. The fraction of sp³-hybridized carbons (Fsp3) is 0.481. The van der Waals surface area contributed by atoms with Gasteiger partial charge in [-0.2, -0.15) is 11.8 Å². The van der Waals surface area contributed by atoms with Gasteiger partial charge in [0.15, 0.2) is 0 Å². The number of thioether (sulfide) groups is 1. The van der Waals surface area contributed by atoms with Crippen molar-refractivity contribution in [2.24, 2.45) is 0 Å². The molecule has 0 radical (unpaired) electrons. The van der Waals surface area contributed by atoms with Crippen LogP contribution < -0.4 is 14.8 Å². The lowest BCUT2D eigenvalue weighted by Crippen LogP contribution is -2.38. The van der Waals surface area contributed by atoms with Crippen LogP contribution in [0.25, 0.3) is 0 Å². The zero-order valence-electron chi connectivity index (χ0n) is 21.0. The molecule has 190 valence electrons. The number of nitrogens with one attached hydrogen (secondary N) is 1. The lowest BCUT2D eigenvalue weighted by atomic mass is 9.90. The number of amides is 1. The topological polar surface area (TPSA) is 88.1 Å². The van der Waals surface area contributed by atoms with Crippen LogP contribution in [0.4, 0.5) is 5.69 Å². The molecule has 0 aliphatic carbocycles. The highest BCUT2D eigenvalue weighted by Gasteiger charge is 2.37. The van der Waals surface area contributed by atoms with E-state index >= 15 is 0 Å². The highest BCUT2D eigenvalue weighted by Crippen LogP contribution is 2.42. The first-order valence-corrected chi connectivity index (χ1v) is 13.4. The first-order valence-electron chi connectivity index (χ1n) is 12.0. The second kappa shape index (κ2) is 12.7. The van der Waals surface area contributed by atoms with E-state index in [0.29, 0.717) is 5.56 Å². The van der Waals surface area contributed by atoms with Crippen molar-refractivity contribution in [2.75, 3.05) is 38.0 Å². The van der Waals surface area contributed by atoms with Crippen LogP contribution in [-0.2, 0) is 4.79 Å². The number of methoxy groups -OCH3 is 1. The molecule has 0 spiro atoms. The number of anilines is 1. The van der Waals surface area contributed by atoms with Crippen LogP contribution in [-0.4, -0.2) is 66.7 Å². The van der Waals surface area contributed by atoms with E-state index in [1.807, 2.05) is 36.0 Å². The average molecular weight is 501 g/mol. The quantitative estimate of drug-likeness (QED) is 0.369. The maximum absolute atomic E-state index is 12.6. The van der Waals surface area contributed by atoms with Crippen molar-refractivity contribution in [2.45, 2.75) is 50.7 Å². The second-order valence-corrected chi connectivity index (χ2v) is 9.95. The lowest BCUT2D eigenvalue weighted by Gasteiger charge is -2.28. The van der Waals surface area contributed by atoms with Gasteiger partial charge < -0.3 is 24.8 Å². The van der Waals surface area contributed by atoms with Gasteiger partial charge in [-0.1, -0.05) is 13.3 Å². The molecule has 2 aromatic rings. The minimum absolute atomic E-state index is 0.0187. The van der Waals surface area contributed by atoms with Gasteiger partial charge in [-0.25, -0.2) is 0 Å². The van der Waals surface area contributed by atoms with Gasteiger partial charge in [-0.15, -0.1) is 0 Å². The number of hydrogen-bond donors (Lipinski definition) is 2. The first-order chi connectivity index (χ1) is 16.8. The van der Waals surface area contributed by atoms with Gasteiger partial charge in [0.25, 0.3) is 5.91 Å². The van der Waals surface area contributed by atoms with Crippen molar-refractivity contribution in [1.29, 1.82) is 0 Å². The Morgan fingerprint density at radius 3 is 2.60 bits per heavy atom. The first kappa shape index (κ1) is 26.7. The molecule has 1 heterocycles. The van der Waals surface area contributed by atoms with Gasteiger partial charge >= 0.3 is 5.97 Å². The number of carbonyl (C=O) groups is 2. The highest BCUT2D eigenvalue weighted by molar-refractivity contribution is 7.98. The summed E-state index contributed by atoms with van der Waals surface area (Å²) in [4.78, 5) is 24.8. The van der Waals surface area contributed by atoms with E-state index in [-0.39, 0.29) is 36.9 Å². The lowest BCUT2D eigenvalue weighted by molar-refractivity contribution is -0.137. The number of unbranched alkanes of at least 4 members (excludes halogenated alkanes) is 1.